The molecule has 1 aromatic rings. The molecule has 16 heavy (non-hydrogen) atoms. The third-order valence-electron chi connectivity index (χ3n) is 1.93. The van der Waals surface area contributed by atoms with E-state index in [0.29, 0.717) is 6.54 Å². The predicted molar refractivity (Wildman–Crippen MR) is 63.6 cm³/mol. The molecule has 6 nitrogen and oxygen atoms in total. The van der Waals surface area contributed by atoms with Crippen LogP contribution in [0.25, 0.3) is 0 Å². The van der Waals surface area contributed by atoms with E-state index in [2.05, 4.69) is 16.8 Å². The van der Waals surface area contributed by atoms with Crippen LogP contribution in [0.2, 0.25) is 0 Å². The van der Waals surface area contributed by atoms with Crippen molar-refractivity contribution in [1.82, 2.24) is 14.5 Å². The molecule has 0 bridgehead atoms. The number of nitrogen functional groups attached to an aromatic ring is 1. The van der Waals surface area contributed by atoms with Crippen LogP contribution >= 0.6 is 11.3 Å². The summed E-state index contributed by atoms with van der Waals surface area (Å²) in [5.41, 5.74) is 5.35. The number of sulfonamides is 1. The molecule has 1 aromatic heterocycles. The Morgan fingerprint density at radius 2 is 2.25 bits per heavy atom. The van der Waals surface area contributed by atoms with Crippen LogP contribution < -0.4 is 5.73 Å². The summed E-state index contributed by atoms with van der Waals surface area (Å²) in [7, 11) is -2.02. The van der Waals surface area contributed by atoms with Crippen LogP contribution in [0.5, 0.6) is 0 Å². The van der Waals surface area contributed by atoms with Crippen LogP contribution in [0.1, 0.15) is 12.8 Å². The van der Waals surface area contributed by atoms with Gasteiger partial charge < -0.3 is 5.73 Å². The standard InChI is InChI=1S/C8H14N4O2S2/c1-3-4-5-6-12(2)16(13,14)8-11-10-7(9)15-8/h3H,1,4-6H2,2H3,(H2,9,10). The van der Waals surface area contributed by atoms with Gasteiger partial charge in [0.1, 0.15) is 0 Å². The minimum Gasteiger partial charge on any atom is -0.374 e. The lowest BCUT2D eigenvalue weighted by Crippen LogP contribution is -2.27. The van der Waals surface area contributed by atoms with Gasteiger partial charge in [-0.05, 0) is 12.8 Å². The van der Waals surface area contributed by atoms with Crippen LogP contribution in [0, 0.1) is 0 Å². The fraction of sp³-hybridized carbons (Fsp3) is 0.500. The molecule has 2 N–H and O–H groups in total. The molecule has 0 atom stereocenters. The van der Waals surface area contributed by atoms with Crippen molar-refractivity contribution >= 4 is 26.5 Å². The van der Waals surface area contributed by atoms with Gasteiger partial charge in [-0.1, -0.05) is 17.4 Å². The van der Waals surface area contributed by atoms with Gasteiger partial charge in [-0.25, -0.2) is 8.42 Å². The molecular weight excluding hydrogens is 248 g/mol. The van der Waals surface area contributed by atoms with E-state index in [1.807, 2.05) is 0 Å². The highest BCUT2D eigenvalue weighted by atomic mass is 32.2. The second kappa shape index (κ2) is 5.37. The van der Waals surface area contributed by atoms with Crippen LogP contribution in [0.4, 0.5) is 5.13 Å². The zero-order chi connectivity index (χ0) is 12.2. The SMILES string of the molecule is C=CCCCN(C)S(=O)(=O)c1nnc(N)s1. The predicted octanol–water partition coefficient (Wildman–Crippen LogP) is 0.707. The van der Waals surface area contributed by atoms with Crippen molar-refractivity contribution in [2.75, 3.05) is 19.3 Å². The summed E-state index contributed by atoms with van der Waals surface area (Å²) in [6, 6.07) is 0. The zero-order valence-electron chi connectivity index (χ0n) is 8.96. The maximum absolute atomic E-state index is 11.9. The van der Waals surface area contributed by atoms with Gasteiger partial charge in [-0.3, -0.25) is 0 Å². The Hall–Kier alpha value is -0.990. The largest absolute Gasteiger partial charge is 0.374 e. The summed E-state index contributed by atoms with van der Waals surface area (Å²) in [4.78, 5) is 0. The highest BCUT2D eigenvalue weighted by Gasteiger charge is 2.24. The van der Waals surface area contributed by atoms with Crippen molar-refractivity contribution in [2.24, 2.45) is 0 Å². The Kier molecular flexibility index (Phi) is 4.39. The van der Waals surface area contributed by atoms with Gasteiger partial charge in [0.15, 0.2) is 0 Å². The monoisotopic (exact) mass is 262 g/mol. The van der Waals surface area contributed by atoms with E-state index in [4.69, 9.17) is 5.73 Å². The lowest BCUT2D eigenvalue weighted by atomic mass is 10.3. The number of allylic oxidation sites excluding steroid dienone is 1. The second-order valence-corrected chi connectivity index (χ2v) is 6.39. The lowest BCUT2D eigenvalue weighted by Gasteiger charge is -2.13. The number of rotatable bonds is 6. The Balaban J connectivity index is 2.74. The van der Waals surface area contributed by atoms with Crippen LogP contribution in [0.3, 0.4) is 0 Å². The quantitative estimate of drug-likeness (QED) is 0.602. The summed E-state index contributed by atoms with van der Waals surface area (Å²) >= 11 is 0.868. The highest BCUT2D eigenvalue weighted by molar-refractivity contribution is 7.91. The van der Waals surface area contributed by atoms with Crippen molar-refractivity contribution in [2.45, 2.75) is 17.2 Å². The summed E-state index contributed by atoms with van der Waals surface area (Å²) < 4.78 is 25.0. The first-order valence-electron chi connectivity index (χ1n) is 4.64. The number of hydrogen-bond acceptors (Lipinski definition) is 6. The van der Waals surface area contributed by atoms with E-state index in [0.717, 1.165) is 24.2 Å². The molecular formula is C8H14N4O2S2. The van der Waals surface area contributed by atoms with Crippen molar-refractivity contribution in [3.05, 3.63) is 12.7 Å². The van der Waals surface area contributed by atoms with Crippen LogP contribution in [0.15, 0.2) is 17.0 Å². The zero-order valence-corrected chi connectivity index (χ0v) is 10.6. The molecule has 0 saturated heterocycles. The third kappa shape index (κ3) is 3.00. The first kappa shape index (κ1) is 13.1. The van der Waals surface area contributed by atoms with Crippen LogP contribution in [-0.4, -0.2) is 36.5 Å². The number of nitrogens with two attached hydrogens (primary N) is 1. The Labute approximate surface area is 98.8 Å². The molecule has 0 aliphatic rings. The number of hydrogen-bond donors (Lipinski definition) is 1. The maximum Gasteiger partial charge on any atom is 0.272 e. The highest BCUT2D eigenvalue weighted by Crippen LogP contribution is 2.20. The molecule has 8 heteroatoms. The Morgan fingerprint density at radius 1 is 1.56 bits per heavy atom. The molecule has 0 amide bonds. The average Bonchev–Trinajstić information content (AvgIpc) is 2.65. The molecule has 0 aliphatic heterocycles. The molecule has 0 saturated carbocycles. The van der Waals surface area contributed by atoms with Gasteiger partial charge in [0, 0.05) is 13.6 Å². The van der Waals surface area contributed by atoms with Gasteiger partial charge in [-0.2, -0.15) is 4.31 Å². The summed E-state index contributed by atoms with van der Waals surface area (Å²) in [6.45, 7) is 4.00. The number of nitrogens with zero attached hydrogens (tertiary/aromatic N) is 3. The molecule has 0 radical (unpaired) electrons. The Bertz CT molecular complexity index is 454. The van der Waals surface area contributed by atoms with Gasteiger partial charge in [0.2, 0.25) is 9.47 Å². The molecule has 1 rings (SSSR count). The molecule has 90 valence electrons. The van der Waals surface area contributed by atoms with Gasteiger partial charge in [0.25, 0.3) is 10.0 Å². The minimum atomic E-state index is -3.53. The van der Waals surface area contributed by atoms with E-state index in [9.17, 15) is 8.42 Å². The molecule has 0 unspecified atom stereocenters. The number of anilines is 1. The molecule has 0 spiro atoms. The Morgan fingerprint density at radius 3 is 2.75 bits per heavy atom. The van der Waals surface area contributed by atoms with Gasteiger partial charge >= 0.3 is 0 Å². The fourth-order valence-corrected chi connectivity index (χ4v) is 3.22. The second-order valence-electron chi connectivity index (χ2n) is 3.16. The summed E-state index contributed by atoms with van der Waals surface area (Å²) in [5.74, 6) is 0. The number of aromatic nitrogens is 2. The summed E-state index contributed by atoms with van der Waals surface area (Å²) in [6.07, 6.45) is 3.26. The van der Waals surface area contributed by atoms with Crippen molar-refractivity contribution in [3.63, 3.8) is 0 Å². The first-order chi connectivity index (χ1) is 7.48. The fourth-order valence-electron chi connectivity index (χ4n) is 1.04. The smallest absolute Gasteiger partial charge is 0.272 e. The van der Waals surface area contributed by atoms with E-state index in [-0.39, 0.29) is 9.47 Å². The van der Waals surface area contributed by atoms with Gasteiger partial charge in [0.05, 0.1) is 0 Å². The van der Waals surface area contributed by atoms with E-state index >= 15 is 0 Å². The number of unbranched alkanes of at least 4 members (excludes halogenated alkanes) is 1. The third-order valence-corrected chi connectivity index (χ3v) is 4.89. The van der Waals surface area contributed by atoms with Crippen molar-refractivity contribution in [3.8, 4) is 0 Å². The maximum atomic E-state index is 11.9. The first-order valence-corrected chi connectivity index (χ1v) is 6.90. The summed E-state index contributed by atoms with van der Waals surface area (Å²) in [5, 5.41) is 7.17. The topological polar surface area (TPSA) is 89.2 Å². The van der Waals surface area contributed by atoms with Crippen molar-refractivity contribution < 1.29 is 8.42 Å². The lowest BCUT2D eigenvalue weighted by molar-refractivity contribution is 0.461. The van der Waals surface area contributed by atoms with E-state index in [1.54, 1.807) is 6.08 Å². The molecule has 0 aliphatic carbocycles. The molecule has 0 aromatic carbocycles. The average molecular weight is 262 g/mol. The normalized spacial score (nSPS) is 11.9. The molecule has 1 heterocycles. The van der Waals surface area contributed by atoms with Crippen molar-refractivity contribution in [1.29, 1.82) is 0 Å². The minimum absolute atomic E-state index is 0.0638. The van der Waals surface area contributed by atoms with E-state index < -0.39 is 10.0 Å². The van der Waals surface area contributed by atoms with Gasteiger partial charge in [-0.15, -0.1) is 16.8 Å². The van der Waals surface area contributed by atoms with Crippen LogP contribution in [-0.2, 0) is 10.0 Å². The molecule has 0 fully saturated rings. The van der Waals surface area contributed by atoms with E-state index in [1.165, 1.54) is 11.4 Å².